The van der Waals surface area contributed by atoms with Crippen molar-refractivity contribution < 1.29 is 0 Å². The van der Waals surface area contributed by atoms with Crippen molar-refractivity contribution in [3.8, 4) is 0 Å². The van der Waals surface area contributed by atoms with Crippen molar-refractivity contribution in [1.82, 2.24) is 15.1 Å². The Morgan fingerprint density at radius 2 is 2.33 bits per heavy atom. The quantitative estimate of drug-likeness (QED) is 0.798. The van der Waals surface area contributed by atoms with E-state index >= 15 is 0 Å². The van der Waals surface area contributed by atoms with Crippen molar-refractivity contribution in [2.24, 2.45) is 7.05 Å². The van der Waals surface area contributed by atoms with Crippen molar-refractivity contribution in [2.75, 3.05) is 5.88 Å². The van der Waals surface area contributed by atoms with E-state index in [0.717, 1.165) is 12.2 Å². The molecule has 1 aromatic rings. The van der Waals surface area contributed by atoms with Gasteiger partial charge in [-0.25, -0.2) is 0 Å². The molecular weight excluding hydrogens is 210 g/mol. The average molecular weight is 228 g/mol. The predicted molar refractivity (Wildman–Crippen MR) is 62.1 cm³/mol. The topological polar surface area (TPSA) is 29.9 Å². The first-order valence-electron chi connectivity index (χ1n) is 5.46. The maximum absolute atomic E-state index is 5.99. The van der Waals surface area contributed by atoms with Crippen molar-refractivity contribution >= 4 is 11.6 Å². The zero-order chi connectivity index (χ0) is 10.9. The number of nitrogens with one attached hydrogen (secondary N) is 1. The molecule has 1 saturated carbocycles. The van der Waals surface area contributed by atoms with Crippen LogP contribution < -0.4 is 5.32 Å². The third-order valence-corrected chi connectivity index (χ3v) is 3.82. The second kappa shape index (κ2) is 4.14. The summed E-state index contributed by atoms with van der Waals surface area (Å²) in [6, 6.07) is 2.12. The highest BCUT2D eigenvalue weighted by molar-refractivity contribution is 6.18. The van der Waals surface area contributed by atoms with Gasteiger partial charge >= 0.3 is 0 Å². The zero-order valence-electron chi connectivity index (χ0n) is 9.39. The van der Waals surface area contributed by atoms with Gasteiger partial charge in [0.15, 0.2) is 0 Å². The summed E-state index contributed by atoms with van der Waals surface area (Å²) >= 11 is 5.99. The van der Waals surface area contributed by atoms with Gasteiger partial charge < -0.3 is 5.32 Å². The fraction of sp³-hybridized carbons (Fsp3) is 0.727. The van der Waals surface area contributed by atoms with Gasteiger partial charge in [0.25, 0.3) is 0 Å². The molecule has 0 aromatic carbocycles. The van der Waals surface area contributed by atoms with Crippen molar-refractivity contribution in [1.29, 1.82) is 0 Å². The fourth-order valence-corrected chi connectivity index (χ4v) is 2.43. The van der Waals surface area contributed by atoms with E-state index in [2.05, 4.69) is 16.5 Å². The molecule has 1 aromatic heterocycles. The highest BCUT2D eigenvalue weighted by Gasteiger charge is 2.35. The molecule has 0 aliphatic heterocycles. The van der Waals surface area contributed by atoms with Crippen LogP contribution in [0.4, 0.5) is 0 Å². The normalized spacial score (nSPS) is 18.9. The average Bonchev–Trinajstić information content (AvgIpc) is 2.44. The predicted octanol–water partition coefficient (Wildman–Crippen LogP) is 1.98. The first-order chi connectivity index (χ1) is 7.15. The number of halogens is 1. The SMILES string of the molecule is Cc1cc(CNC2(CCl)CCC2)n(C)n1. The molecule has 15 heavy (non-hydrogen) atoms. The molecule has 2 rings (SSSR count). The molecule has 3 nitrogen and oxygen atoms in total. The summed E-state index contributed by atoms with van der Waals surface area (Å²) in [6.45, 7) is 2.88. The van der Waals surface area contributed by atoms with E-state index in [9.17, 15) is 0 Å². The van der Waals surface area contributed by atoms with E-state index in [-0.39, 0.29) is 5.54 Å². The maximum atomic E-state index is 5.99. The lowest BCUT2D eigenvalue weighted by atomic mass is 9.78. The van der Waals surface area contributed by atoms with E-state index in [4.69, 9.17) is 11.6 Å². The molecule has 1 aliphatic carbocycles. The van der Waals surface area contributed by atoms with Gasteiger partial charge in [0.05, 0.1) is 11.4 Å². The summed E-state index contributed by atoms with van der Waals surface area (Å²) in [7, 11) is 1.98. The lowest BCUT2D eigenvalue weighted by Gasteiger charge is -2.41. The molecule has 0 unspecified atom stereocenters. The summed E-state index contributed by atoms with van der Waals surface area (Å²) in [4.78, 5) is 0. The van der Waals surface area contributed by atoms with Gasteiger partial charge in [-0.15, -0.1) is 11.6 Å². The second-order valence-corrected chi connectivity index (χ2v) is 4.79. The smallest absolute Gasteiger partial charge is 0.0597 e. The van der Waals surface area contributed by atoms with Gasteiger partial charge in [-0.2, -0.15) is 5.10 Å². The number of aromatic nitrogens is 2. The summed E-state index contributed by atoms with van der Waals surface area (Å²) in [6.07, 6.45) is 3.70. The fourth-order valence-electron chi connectivity index (χ4n) is 2.07. The molecule has 1 heterocycles. The van der Waals surface area contributed by atoms with Crippen molar-refractivity contribution in [3.63, 3.8) is 0 Å². The number of aryl methyl sites for hydroxylation is 2. The Bertz CT molecular complexity index is 336. The molecule has 0 amide bonds. The van der Waals surface area contributed by atoms with Crippen LogP contribution in [0, 0.1) is 6.92 Å². The number of rotatable bonds is 4. The second-order valence-electron chi connectivity index (χ2n) is 4.52. The van der Waals surface area contributed by atoms with Gasteiger partial charge in [-0.05, 0) is 32.3 Å². The molecule has 0 atom stereocenters. The summed E-state index contributed by atoms with van der Waals surface area (Å²) in [5, 5.41) is 7.89. The molecule has 0 bridgehead atoms. The Labute approximate surface area is 95.8 Å². The summed E-state index contributed by atoms with van der Waals surface area (Å²) in [5.41, 5.74) is 2.49. The Kier molecular flexibility index (Phi) is 3.03. The Balaban J connectivity index is 1.95. The van der Waals surface area contributed by atoms with Crippen LogP contribution in [-0.4, -0.2) is 21.2 Å². The van der Waals surface area contributed by atoms with Crippen LogP contribution in [-0.2, 0) is 13.6 Å². The minimum Gasteiger partial charge on any atom is -0.304 e. The van der Waals surface area contributed by atoms with Crippen LogP contribution in [0.15, 0.2) is 6.07 Å². The minimum absolute atomic E-state index is 0.194. The molecular formula is C11H18ClN3. The zero-order valence-corrected chi connectivity index (χ0v) is 10.1. The molecule has 0 saturated heterocycles. The van der Waals surface area contributed by atoms with E-state index in [1.54, 1.807) is 0 Å². The molecule has 84 valence electrons. The van der Waals surface area contributed by atoms with Gasteiger partial charge in [-0.3, -0.25) is 4.68 Å². The lowest BCUT2D eigenvalue weighted by Crippen LogP contribution is -2.52. The minimum atomic E-state index is 0.194. The lowest BCUT2D eigenvalue weighted by molar-refractivity contribution is 0.209. The Morgan fingerprint density at radius 1 is 1.60 bits per heavy atom. The van der Waals surface area contributed by atoms with Crippen LogP contribution in [0.25, 0.3) is 0 Å². The standard InChI is InChI=1S/C11H18ClN3/c1-9-6-10(15(2)14-9)7-13-11(8-12)4-3-5-11/h6,13H,3-5,7-8H2,1-2H3. The maximum Gasteiger partial charge on any atom is 0.0597 e. The molecule has 1 N–H and O–H groups in total. The number of alkyl halides is 1. The molecule has 0 radical (unpaired) electrons. The van der Waals surface area contributed by atoms with Crippen LogP contribution in [0.1, 0.15) is 30.7 Å². The molecule has 1 fully saturated rings. The van der Waals surface area contributed by atoms with Crippen LogP contribution >= 0.6 is 11.6 Å². The monoisotopic (exact) mass is 227 g/mol. The largest absolute Gasteiger partial charge is 0.304 e. The highest BCUT2D eigenvalue weighted by Crippen LogP contribution is 2.33. The Morgan fingerprint density at radius 3 is 2.73 bits per heavy atom. The molecule has 4 heteroatoms. The van der Waals surface area contributed by atoms with Gasteiger partial charge in [0.2, 0.25) is 0 Å². The molecule has 0 spiro atoms. The van der Waals surface area contributed by atoms with Gasteiger partial charge in [-0.1, -0.05) is 0 Å². The van der Waals surface area contributed by atoms with Crippen LogP contribution in [0.5, 0.6) is 0 Å². The third kappa shape index (κ3) is 2.18. The van der Waals surface area contributed by atoms with Crippen LogP contribution in [0.3, 0.4) is 0 Å². The van der Waals surface area contributed by atoms with Crippen molar-refractivity contribution in [3.05, 3.63) is 17.5 Å². The van der Waals surface area contributed by atoms with Gasteiger partial charge in [0.1, 0.15) is 0 Å². The number of nitrogens with zero attached hydrogens (tertiary/aromatic N) is 2. The van der Waals surface area contributed by atoms with Crippen molar-refractivity contribution in [2.45, 2.75) is 38.3 Å². The first kappa shape index (κ1) is 11.0. The highest BCUT2D eigenvalue weighted by atomic mass is 35.5. The molecule has 1 aliphatic rings. The Hall–Kier alpha value is -0.540. The van der Waals surface area contributed by atoms with E-state index in [1.807, 2.05) is 18.7 Å². The third-order valence-electron chi connectivity index (χ3n) is 3.31. The van der Waals surface area contributed by atoms with Gasteiger partial charge in [0, 0.05) is 25.0 Å². The summed E-state index contributed by atoms with van der Waals surface area (Å²) < 4.78 is 1.93. The number of hydrogen-bond acceptors (Lipinski definition) is 2. The summed E-state index contributed by atoms with van der Waals surface area (Å²) in [5.74, 6) is 0.712. The van der Waals surface area contributed by atoms with E-state index in [0.29, 0.717) is 5.88 Å². The van der Waals surface area contributed by atoms with E-state index < -0.39 is 0 Å². The number of hydrogen-bond donors (Lipinski definition) is 1. The first-order valence-corrected chi connectivity index (χ1v) is 5.99. The van der Waals surface area contributed by atoms with Crippen LogP contribution in [0.2, 0.25) is 0 Å². The van der Waals surface area contributed by atoms with E-state index in [1.165, 1.54) is 25.0 Å².